The molecular formula is C40H42N2O14S. The Bertz CT molecular complexity index is 2130. The van der Waals surface area contributed by atoms with Crippen LogP contribution in [0, 0.1) is 5.92 Å². The number of hydrogen-bond donors (Lipinski definition) is 6. The summed E-state index contributed by atoms with van der Waals surface area (Å²) >= 11 is 1.36. The molecule has 2 heterocycles. The van der Waals surface area contributed by atoms with Crippen molar-refractivity contribution in [3.8, 4) is 5.75 Å². The fourth-order valence-electron chi connectivity index (χ4n) is 8.53. The highest BCUT2D eigenvalue weighted by Crippen LogP contribution is 2.50. The number of thioether (sulfide) groups is 1. The van der Waals surface area contributed by atoms with Gasteiger partial charge in [-0.2, -0.15) is 0 Å². The molecule has 17 heteroatoms. The van der Waals surface area contributed by atoms with E-state index in [2.05, 4.69) is 5.32 Å². The molecule has 2 aliphatic heterocycles. The molecule has 57 heavy (non-hydrogen) atoms. The van der Waals surface area contributed by atoms with Crippen molar-refractivity contribution in [3.05, 3.63) is 81.6 Å². The van der Waals surface area contributed by atoms with Crippen LogP contribution in [0.5, 0.6) is 5.75 Å². The maximum atomic E-state index is 14.0. The van der Waals surface area contributed by atoms with Gasteiger partial charge in [-0.3, -0.25) is 28.8 Å². The molecule has 2 aromatic carbocycles. The Labute approximate surface area is 330 Å². The molecule has 302 valence electrons. The van der Waals surface area contributed by atoms with E-state index in [-0.39, 0.29) is 52.4 Å². The van der Waals surface area contributed by atoms with Gasteiger partial charge in [0, 0.05) is 48.3 Å². The molecule has 3 fully saturated rings. The predicted molar refractivity (Wildman–Crippen MR) is 201 cm³/mol. The topological polar surface area (TPSA) is 247 Å². The van der Waals surface area contributed by atoms with Gasteiger partial charge in [-0.05, 0) is 42.5 Å². The lowest BCUT2D eigenvalue weighted by Crippen LogP contribution is -2.59. The molecule has 5 aliphatic rings. The number of benzene rings is 2. The fourth-order valence-corrected chi connectivity index (χ4v) is 9.44. The van der Waals surface area contributed by atoms with Crippen molar-refractivity contribution in [2.75, 3.05) is 24.4 Å². The number of nitrogens with zero attached hydrogens (tertiary/aromatic N) is 1. The SMILES string of the molecule is CCSC1CC(=O)N(c2cccc(C(=O)N[C@H]3CC(O[C@H]4C[C@](O)(C(=O)CO)CC5=C(O)C6=C(C(=O)c7c(OC)cccc7C6=O)C(O)C54)O[C@@H](C)[C@H]3O)c2)C1=O. The van der Waals surface area contributed by atoms with Gasteiger partial charge in [0.15, 0.2) is 23.6 Å². The zero-order chi connectivity index (χ0) is 41.1. The van der Waals surface area contributed by atoms with Gasteiger partial charge in [0.2, 0.25) is 11.8 Å². The Morgan fingerprint density at radius 2 is 1.82 bits per heavy atom. The molecule has 1 saturated carbocycles. The first-order chi connectivity index (χ1) is 27.1. The zero-order valence-electron chi connectivity index (χ0n) is 31.2. The number of amides is 3. The molecule has 9 atom stereocenters. The first-order valence-corrected chi connectivity index (χ1v) is 19.5. The minimum Gasteiger partial charge on any atom is -0.507 e. The van der Waals surface area contributed by atoms with Crippen LogP contribution in [0.2, 0.25) is 0 Å². The van der Waals surface area contributed by atoms with Crippen molar-refractivity contribution >= 4 is 52.5 Å². The third-order valence-corrected chi connectivity index (χ3v) is 12.4. The summed E-state index contributed by atoms with van der Waals surface area (Å²) in [7, 11) is 1.31. The number of aliphatic hydroxyl groups is 5. The van der Waals surface area contributed by atoms with E-state index in [1.54, 1.807) is 6.07 Å². The summed E-state index contributed by atoms with van der Waals surface area (Å²) in [5.74, 6) is -5.33. The van der Waals surface area contributed by atoms with Crippen LogP contribution >= 0.6 is 11.8 Å². The molecule has 3 aliphatic carbocycles. The quantitative estimate of drug-likeness (QED) is 0.186. The normalized spacial score (nSPS) is 31.2. The number of carbonyl (C=O) groups is 6. The third kappa shape index (κ3) is 6.90. The Kier molecular flexibility index (Phi) is 11.0. The molecule has 0 aromatic heterocycles. The highest BCUT2D eigenvalue weighted by molar-refractivity contribution is 8.00. The van der Waals surface area contributed by atoms with Crippen molar-refractivity contribution in [2.45, 2.75) is 87.1 Å². The maximum Gasteiger partial charge on any atom is 0.251 e. The van der Waals surface area contributed by atoms with Crippen molar-refractivity contribution in [3.63, 3.8) is 0 Å². The fraction of sp³-hybridized carbons (Fsp3) is 0.450. The summed E-state index contributed by atoms with van der Waals surface area (Å²) in [4.78, 5) is 81.2. The summed E-state index contributed by atoms with van der Waals surface area (Å²) in [6, 6.07) is 9.24. The summed E-state index contributed by atoms with van der Waals surface area (Å²) in [5.41, 5.74) is -3.29. The van der Waals surface area contributed by atoms with Crippen LogP contribution in [0.15, 0.2) is 64.9 Å². The standard InChI is InChI=1S/C40H42N2O14S/c1-4-57-25-13-27(45)42(39(25)52)19-8-5-7-18(11-19)38(51)41-22-12-28(55-17(2)33(22)46)56-24-15-40(53,26(44)16-43)14-21-30(24)37(50)32-31(35(21)48)34(47)20-9-6-10-23(54-3)29(20)36(32)49/h5-11,17,22,24-25,28,30,33,37,43,46,48,50,53H,4,12-16H2,1-3H3,(H,41,51)/t17-,22-,24-,25?,28?,30?,33+,37?,40-/m0/s1. The van der Waals surface area contributed by atoms with Crippen molar-refractivity contribution < 1.29 is 68.5 Å². The highest BCUT2D eigenvalue weighted by Gasteiger charge is 2.56. The molecule has 6 N–H and O–H groups in total. The van der Waals surface area contributed by atoms with Gasteiger partial charge in [-0.25, -0.2) is 4.90 Å². The van der Waals surface area contributed by atoms with E-state index in [0.717, 1.165) is 4.90 Å². The summed E-state index contributed by atoms with van der Waals surface area (Å²) in [5, 5.41) is 58.3. The van der Waals surface area contributed by atoms with Gasteiger partial charge < -0.3 is 45.1 Å². The average Bonchev–Trinajstić information content (AvgIpc) is 3.47. The van der Waals surface area contributed by atoms with Gasteiger partial charge in [0.05, 0.1) is 53.5 Å². The molecule has 7 rings (SSSR count). The molecule has 3 amide bonds. The molecule has 2 saturated heterocycles. The van der Waals surface area contributed by atoms with Crippen LogP contribution in [0.3, 0.4) is 0 Å². The average molecular weight is 807 g/mol. The van der Waals surface area contributed by atoms with E-state index in [4.69, 9.17) is 14.2 Å². The predicted octanol–water partition coefficient (Wildman–Crippen LogP) is 1.32. The third-order valence-electron chi connectivity index (χ3n) is 11.3. The van der Waals surface area contributed by atoms with Crippen molar-refractivity contribution in [2.24, 2.45) is 5.92 Å². The van der Waals surface area contributed by atoms with Gasteiger partial charge in [-0.1, -0.05) is 25.1 Å². The largest absolute Gasteiger partial charge is 0.507 e. The maximum absolute atomic E-state index is 14.0. The van der Waals surface area contributed by atoms with Gasteiger partial charge >= 0.3 is 0 Å². The van der Waals surface area contributed by atoms with Crippen molar-refractivity contribution in [1.82, 2.24) is 5.32 Å². The Morgan fingerprint density at radius 3 is 2.53 bits per heavy atom. The van der Waals surface area contributed by atoms with E-state index in [9.17, 15) is 54.3 Å². The minimum absolute atomic E-state index is 0.0402. The van der Waals surface area contributed by atoms with Crippen LogP contribution in [-0.4, -0.2) is 128 Å². The second kappa shape index (κ2) is 15.5. The number of aliphatic hydroxyl groups excluding tert-OH is 4. The smallest absolute Gasteiger partial charge is 0.251 e. The lowest BCUT2D eigenvalue weighted by atomic mass is 9.63. The Hall–Kier alpha value is -4.75. The van der Waals surface area contributed by atoms with Gasteiger partial charge in [0.1, 0.15) is 29.8 Å². The van der Waals surface area contributed by atoms with Crippen LogP contribution in [0.4, 0.5) is 5.69 Å². The molecule has 2 aromatic rings. The molecular weight excluding hydrogens is 765 g/mol. The second-order valence-corrected chi connectivity index (χ2v) is 16.2. The molecule has 16 nitrogen and oxygen atoms in total. The number of methoxy groups -OCH3 is 1. The zero-order valence-corrected chi connectivity index (χ0v) is 32.0. The number of hydrogen-bond acceptors (Lipinski definition) is 15. The second-order valence-electron chi connectivity index (χ2n) is 14.7. The van der Waals surface area contributed by atoms with E-state index in [0.29, 0.717) is 5.75 Å². The number of ether oxygens (including phenoxy) is 3. The Balaban J connectivity index is 1.16. The molecule has 0 spiro atoms. The lowest BCUT2D eigenvalue weighted by Gasteiger charge is -2.48. The number of nitrogens with one attached hydrogen (secondary N) is 1. The van der Waals surface area contributed by atoms with E-state index in [1.165, 1.54) is 62.2 Å². The first-order valence-electron chi connectivity index (χ1n) is 18.5. The Morgan fingerprint density at radius 1 is 1.09 bits per heavy atom. The number of anilines is 1. The minimum atomic E-state index is -2.34. The van der Waals surface area contributed by atoms with E-state index < -0.39 is 119 Å². The number of allylic oxidation sites excluding steroid dienone is 1. The van der Waals surface area contributed by atoms with Crippen LogP contribution in [-0.2, 0) is 23.9 Å². The van der Waals surface area contributed by atoms with E-state index >= 15 is 0 Å². The van der Waals surface area contributed by atoms with Crippen LogP contribution in [0.25, 0.3) is 0 Å². The summed E-state index contributed by atoms with van der Waals surface area (Å²) < 4.78 is 17.6. The summed E-state index contributed by atoms with van der Waals surface area (Å²) in [6.07, 6.45) is -8.01. The number of fused-ring (bicyclic) bond motifs is 2. The van der Waals surface area contributed by atoms with Gasteiger partial charge in [-0.15, -0.1) is 11.8 Å². The van der Waals surface area contributed by atoms with Crippen LogP contribution < -0.4 is 15.0 Å². The molecule has 0 radical (unpaired) electrons. The number of ketones is 3. The number of rotatable bonds is 10. The molecule has 0 bridgehead atoms. The monoisotopic (exact) mass is 806 g/mol. The highest BCUT2D eigenvalue weighted by atomic mass is 32.2. The molecule has 4 unspecified atom stereocenters. The lowest BCUT2D eigenvalue weighted by molar-refractivity contribution is -0.257. The number of Topliss-reactive ketones (excluding diaryl/α,β-unsaturated/α-hetero) is 3. The first kappa shape index (κ1) is 40.4. The number of carbonyl (C=O) groups excluding carboxylic acids is 6. The van der Waals surface area contributed by atoms with E-state index in [1.807, 2.05) is 6.92 Å². The number of imide groups is 1. The van der Waals surface area contributed by atoms with Crippen LogP contribution in [0.1, 0.15) is 70.6 Å². The van der Waals surface area contributed by atoms with Gasteiger partial charge in [0.25, 0.3) is 5.91 Å². The summed E-state index contributed by atoms with van der Waals surface area (Å²) in [6.45, 7) is 2.32. The van der Waals surface area contributed by atoms with Crippen molar-refractivity contribution in [1.29, 1.82) is 0 Å².